The van der Waals surface area contributed by atoms with Gasteiger partial charge in [0, 0.05) is 4.88 Å². The summed E-state index contributed by atoms with van der Waals surface area (Å²) in [7, 11) is 1.41. The van der Waals surface area contributed by atoms with Gasteiger partial charge < -0.3 is 9.47 Å². The van der Waals surface area contributed by atoms with E-state index in [0.29, 0.717) is 5.75 Å². The third kappa shape index (κ3) is 5.05. The van der Waals surface area contributed by atoms with Gasteiger partial charge in [0.25, 0.3) is 11.8 Å². The summed E-state index contributed by atoms with van der Waals surface area (Å²) >= 11 is 1.16. The summed E-state index contributed by atoms with van der Waals surface area (Å²) in [5.41, 5.74) is 0.951. The van der Waals surface area contributed by atoms with Crippen LogP contribution in [0.4, 0.5) is 4.39 Å². The van der Waals surface area contributed by atoms with Gasteiger partial charge in [-0.05, 0) is 42.0 Å². The molecule has 0 aliphatic carbocycles. The first-order chi connectivity index (χ1) is 14.0. The number of methoxy groups -OCH3 is 1. The minimum atomic E-state index is -0.760. The summed E-state index contributed by atoms with van der Waals surface area (Å²) in [6, 6.07) is 15.6. The SMILES string of the molecule is COc1ccccc1C(=O)NC(=O)COC(=O)c1ccc(-c2ccc(F)cc2)s1. The normalized spacial score (nSPS) is 10.3. The minimum absolute atomic E-state index is 0.192. The third-order valence-corrected chi connectivity index (χ3v) is 4.99. The predicted molar refractivity (Wildman–Crippen MR) is 105 cm³/mol. The van der Waals surface area contributed by atoms with Crippen molar-refractivity contribution in [3.63, 3.8) is 0 Å². The second-order valence-electron chi connectivity index (χ2n) is 5.82. The van der Waals surface area contributed by atoms with Crippen LogP contribution in [0.2, 0.25) is 0 Å². The average molecular weight is 413 g/mol. The molecule has 0 bridgehead atoms. The number of ether oxygens (including phenoxy) is 2. The lowest BCUT2D eigenvalue weighted by Crippen LogP contribution is -2.34. The highest BCUT2D eigenvalue weighted by atomic mass is 32.1. The Balaban J connectivity index is 1.56. The van der Waals surface area contributed by atoms with Gasteiger partial charge in [-0.2, -0.15) is 0 Å². The zero-order chi connectivity index (χ0) is 20.8. The topological polar surface area (TPSA) is 81.7 Å². The molecule has 0 saturated carbocycles. The first-order valence-electron chi connectivity index (χ1n) is 8.48. The molecule has 0 radical (unpaired) electrons. The smallest absolute Gasteiger partial charge is 0.348 e. The molecule has 0 unspecified atom stereocenters. The number of thiophene rings is 1. The number of carbonyl (C=O) groups excluding carboxylic acids is 3. The van der Waals surface area contributed by atoms with Crippen LogP contribution in [0.15, 0.2) is 60.7 Å². The first-order valence-corrected chi connectivity index (χ1v) is 9.29. The Hall–Kier alpha value is -3.52. The number of imide groups is 1. The quantitative estimate of drug-likeness (QED) is 0.624. The summed E-state index contributed by atoms with van der Waals surface area (Å²) in [4.78, 5) is 37.3. The molecule has 0 aliphatic heterocycles. The van der Waals surface area contributed by atoms with Crippen molar-refractivity contribution in [3.05, 3.63) is 76.9 Å². The highest BCUT2D eigenvalue weighted by molar-refractivity contribution is 7.17. The van der Waals surface area contributed by atoms with Crippen LogP contribution in [-0.2, 0) is 9.53 Å². The van der Waals surface area contributed by atoms with E-state index >= 15 is 0 Å². The van der Waals surface area contributed by atoms with Crippen molar-refractivity contribution in [1.82, 2.24) is 5.32 Å². The van der Waals surface area contributed by atoms with Crippen LogP contribution in [0.3, 0.4) is 0 Å². The molecule has 3 rings (SSSR count). The van der Waals surface area contributed by atoms with Crippen LogP contribution in [0.25, 0.3) is 10.4 Å². The van der Waals surface area contributed by atoms with E-state index in [1.807, 2.05) is 0 Å². The summed E-state index contributed by atoms with van der Waals surface area (Å²) in [5.74, 6) is -2.13. The van der Waals surface area contributed by atoms with Gasteiger partial charge in [0.2, 0.25) is 0 Å². The second-order valence-corrected chi connectivity index (χ2v) is 6.91. The molecule has 8 heteroatoms. The first kappa shape index (κ1) is 20.2. The summed E-state index contributed by atoms with van der Waals surface area (Å²) in [6.07, 6.45) is 0. The summed E-state index contributed by atoms with van der Waals surface area (Å²) in [6.45, 7) is -0.608. The van der Waals surface area contributed by atoms with Gasteiger partial charge in [0.05, 0.1) is 12.7 Å². The number of esters is 1. The molecule has 2 amide bonds. The van der Waals surface area contributed by atoms with E-state index in [4.69, 9.17) is 9.47 Å². The fraction of sp³-hybridized carbons (Fsp3) is 0.0952. The molecule has 6 nitrogen and oxygen atoms in total. The zero-order valence-corrected chi connectivity index (χ0v) is 16.1. The van der Waals surface area contributed by atoms with Crippen LogP contribution in [0.1, 0.15) is 20.0 Å². The van der Waals surface area contributed by atoms with Gasteiger partial charge in [-0.15, -0.1) is 11.3 Å². The lowest BCUT2D eigenvalue weighted by molar-refractivity contribution is -0.123. The molecule has 1 aromatic heterocycles. The van der Waals surface area contributed by atoms with Crippen molar-refractivity contribution >= 4 is 29.1 Å². The molecular formula is C21H16FNO5S. The van der Waals surface area contributed by atoms with Crippen LogP contribution in [0, 0.1) is 5.82 Å². The Bertz CT molecular complexity index is 1050. The summed E-state index contributed by atoms with van der Waals surface area (Å²) < 4.78 is 23.1. The van der Waals surface area contributed by atoms with E-state index < -0.39 is 24.4 Å². The fourth-order valence-corrected chi connectivity index (χ4v) is 3.39. The lowest BCUT2D eigenvalue weighted by atomic mass is 10.2. The van der Waals surface area contributed by atoms with E-state index in [1.54, 1.807) is 42.5 Å². The molecule has 2 aromatic carbocycles. The van der Waals surface area contributed by atoms with E-state index in [9.17, 15) is 18.8 Å². The van der Waals surface area contributed by atoms with Crippen molar-refractivity contribution in [2.24, 2.45) is 0 Å². The molecule has 0 spiro atoms. The van der Waals surface area contributed by atoms with Gasteiger partial charge in [0.1, 0.15) is 16.4 Å². The monoisotopic (exact) mass is 413 g/mol. The number of amides is 2. The largest absolute Gasteiger partial charge is 0.496 e. The molecular weight excluding hydrogens is 397 g/mol. The molecule has 0 atom stereocenters. The van der Waals surface area contributed by atoms with Crippen molar-refractivity contribution in [2.45, 2.75) is 0 Å². The Morgan fingerprint density at radius 1 is 1.00 bits per heavy atom. The number of hydrogen-bond donors (Lipinski definition) is 1. The van der Waals surface area contributed by atoms with Gasteiger partial charge in [-0.3, -0.25) is 14.9 Å². The van der Waals surface area contributed by atoms with Gasteiger partial charge in [-0.1, -0.05) is 24.3 Å². The minimum Gasteiger partial charge on any atom is -0.496 e. The Morgan fingerprint density at radius 2 is 1.72 bits per heavy atom. The maximum atomic E-state index is 13.0. The molecule has 148 valence electrons. The number of hydrogen-bond acceptors (Lipinski definition) is 6. The number of carbonyl (C=O) groups is 3. The number of nitrogens with one attached hydrogen (secondary N) is 1. The Morgan fingerprint density at radius 3 is 2.45 bits per heavy atom. The van der Waals surface area contributed by atoms with Crippen molar-refractivity contribution in [3.8, 4) is 16.2 Å². The number of benzene rings is 2. The van der Waals surface area contributed by atoms with Gasteiger partial charge in [0.15, 0.2) is 6.61 Å². The van der Waals surface area contributed by atoms with Crippen molar-refractivity contribution in [2.75, 3.05) is 13.7 Å². The fourth-order valence-electron chi connectivity index (χ4n) is 2.48. The number of para-hydroxylation sites is 1. The number of halogens is 1. The standard InChI is InChI=1S/C21H16FNO5S/c1-27-16-5-3-2-4-15(16)20(25)23-19(24)12-28-21(26)18-11-10-17(29-18)13-6-8-14(22)9-7-13/h2-11H,12H2,1H3,(H,23,24,25). The molecule has 29 heavy (non-hydrogen) atoms. The molecule has 3 aromatic rings. The maximum absolute atomic E-state index is 13.0. The van der Waals surface area contributed by atoms with Crippen molar-refractivity contribution < 1.29 is 28.2 Å². The van der Waals surface area contributed by atoms with E-state index in [2.05, 4.69) is 5.32 Å². The van der Waals surface area contributed by atoms with Crippen LogP contribution < -0.4 is 10.1 Å². The highest BCUT2D eigenvalue weighted by Gasteiger charge is 2.17. The molecule has 0 fully saturated rings. The zero-order valence-electron chi connectivity index (χ0n) is 15.3. The average Bonchev–Trinajstić information content (AvgIpc) is 3.22. The van der Waals surface area contributed by atoms with Crippen LogP contribution >= 0.6 is 11.3 Å². The number of rotatable bonds is 6. The Kier molecular flexibility index (Phi) is 6.36. The van der Waals surface area contributed by atoms with Gasteiger partial charge in [-0.25, -0.2) is 9.18 Å². The van der Waals surface area contributed by atoms with Gasteiger partial charge >= 0.3 is 5.97 Å². The second kappa shape index (κ2) is 9.11. The summed E-state index contributed by atoms with van der Waals surface area (Å²) in [5, 5.41) is 2.15. The van der Waals surface area contributed by atoms with E-state index in [-0.39, 0.29) is 16.3 Å². The van der Waals surface area contributed by atoms with E-state index in [0.717, 1.165) is 21.8 Å². The molecule has 1 N–H and O–H groups in total. The molecule has 0 aliphatic rings. The maximum Gasteiger partial charge on any atom is 0.348 e. The Labute approximate surface area is 169 Å². The lowest BCUT2D eigenvalue weighted by Gasteiger charge is -2.08. The molecule has 0 saturated heterocycles. The highest BCUT2D eigenvalue weighted by Crippen LogP contribution is 2.28. The molecule has 1 heterocycles. The van der Waals surface area contributed by atoms with Crippen LogP contribution in [0.5, 0.6) is 5.75 Å². The predicted octanol–water partition coefficient (Wildman–Crippen LogP) is 3.68. The van der Waals surface area contributed by atoms with Crippen LogP contribution in [-0.4, -0.2) is 31.5 Å². The third-order valence-electron chi connectivity index (χ3n) is 3.87. The van der Waals surface area contributed by atoms with E-state index in [1.165, 1.54) is 25.3 Å². The van der Waals surface area contributed by atoms with Crippen molar-refractivity contribution in [1.29, 1.82) is 0 Å².